The fourth-order valence-corrected chi connectivity index (χ4v) is 3.62. The van der Waals surface area contributed by atoms with Crippen molar-refractivity contribution in [3.8, 4) is 0 Å². The van der Waals surface area contributed by atoms with E-state index < -0.39 is 0 Å². The van der Waals surface area contributed by atoms with Crippen molar-refractivity contribution in [2.24, 2.45) is 11.8 Å². The van der Waals surface area contributed by atoms with Gasteiger partial charge in [-0.25, -0.2) is 0 Å². The largest absolute Gasteiger partial charge is 0.306 e. The molecule has 0 aromatic heterocycles. The van der Waals surface area contributed by atoms with Gasteiger partial charge in [0.1, 0.15) is 0 Å². The Balaban J connectivity index is 0.00000200. The number of hydrogen-bond donors (Lipinski definition) is 0. The molecular weight excluding hydrogens is 256 g/mol. The minimum atomic E-state index is 0. The molecule has 2 heterocycles. The molecule has 0 unspecified atom stereocenters. The number of nitrogens with zero attached hydrogens (tertiary/aromatic N) is 2. The molecule has 0 aromatic carbocycles. The smallest absolute Gasteiger partial charge is 0.00106 e. The number of piperidine rings is 2. The first-order valence-corrected chi connectivity index (χ1v) is 8.29. The Morgan fingerprint density at radius 2 is 1.52 bits per heavy atom. The van der Waals surface area contributed by atoms with Crippen LogP contribution in [0, 0.1) is 11.8 Å². The summed E-state index contributed by atoms with van der Waals surface area (Å²) in [6.07, 6.45) is 11.7. The van der Waals surface area contributed by atoms with Crippen molar-refractivity contribution in [1.29, 1.82) is 0 Å². The molecule has 2 rings (SSSR count). The van der Waals surface area contributed by atoms with Crippen LogP contribution >= 0.6 is 0 Å². The lowest BCUT2D eigenvalue weighted by molar-refractivity contribution is 0.124. The highest BCUT2D eigenvalue weighted by Crippen LogP contribution is 2.25. The van der Waals surface area contributed by atoms with Crippen molar-refractivity contribution >= 4 is 0 Å². The first-order valence-electron chi connectivity index (χ1n) is 8.29. The summed E-state index contributed by atoms with van der Waals surface area (Å²) in [7, 11) is 2.25. The lowest BCUT2D eigenvalue weighted by Crippen LogP contribution is -2.40. The van der Waals surface area contributed by atoms with Crippen LogP contribution in [0.15, 0.2) is 12.7 Å². The number of unbranched alkanes of at least 4 members (excludes halogenated alkanes) is 1. The molecule has 2 heteroatoms. The maximum absolute atomic E-state index is 3.81. The van der Waals surface area contributed by atoms with Crippen molar-refractivity contribution in [3.05, 3.63) is 12.7 Å². The summed E-state index contributed by atoms with van der Waals surface area (Å²) in [5.74, 6) is 1.96. The first-order chi connectivity index (χ1) is 9.28. The van der Waals surface area contributed by atoms with Crippen LogP contribution in [0.4, 0.5) is 0 Å². The van der Waals surface area contributed by atoms with Crippen LogP contribution in [-0.2, 0) is 0 Å². The van der Waals surface area contributed by atoms with Gasteiger partial charge in [-0.05, 0) is 83.6 Å². The quantitative estimate of drug-likeness (QED) is 0.519. The number of likely N-dealkylation sites (tertiary alicyclic amines) is 2. The van der Waals surface area contributed by atoms with Crippen molar-refractivity contribution in [2.75, 3.05) is 39.8 Å². The Hall–Kier alpha value is -0.340. The van der Waals surface area contributed by atoms with E-state index >= 15 is 0 Å². The lowest BCUT2D eigenvalue weighted by Gasteiger charge is -2.37. The van der Waals surface area contributed by atoms with Gasteiger partial charge < -0.3 is 9.80 Å². The van der Waals surface area contributed by atoms with Gasteiger partial charge in [-0.1, -0.05) is 27.4 Å². The van der Waals surface area contributed by atoms with Gasteiger partial charge in [0.25, 0.3) is 0 Å². The summed E-state index contributed by atoms with van der Waals surface area (Å²) in [5.41, 5.74) is 0. The van der Waals surface area contributed by atoms with Crippen molar-refractivity contribution in [1.82, 2.24) is 9.80 Å². The zero-order chi connectivity index (χ0) is 13.5. The molecule has 0 aromatic rings. The average Bonchev–Trinajstić information content (AvgIpc) is 2.44. The maximum Gasteiger partial charge on any atom is 0.00106 e. The molecule has 21 heavy (non-hydrogen) atoms. The number of hydrogen-bond acceptors (Lipinski definition) is 2. The van der Waals surface area contributed by atoms with E-state index in [4.69, 9.17) is 0 Å². The molecule has 0 bridgehead atoms. The normalized spacial score (nSPS) is 22.3. The highest BCUT2D eigenvalue weighted by atomic mass is 15.1. The van der Waals surface area contributed by atoms with Gasteiger partial charge in [-0.2, -0.15) is 0 Å². The maximum atomic E-state index is 3.81. The molecule has 126 valence electrons. The van der Waals surface area contributed by atoms with Gasteiger partial charge in [0.15, 0.2) is 0 Å². The summed E-state index contributed by atoms with van der Waals surface area (Å²) in [6, 6.07) is 0. The van der Waals surface area contributed by atoms with Gasteiger partial charge in [0.05, 0.1) is 0 Å². The van der Waals surface area contributed by atoms with Crippen LogP contribution in [0.3, 0.4) is 0 Å². The van der Waals surface area contributed by atoms with E-state index in [-0.39, 0.29) is 14.9 Å². The molecule has 2 aliphatic rings. The van der Waals surface area contributed by atoms with Crippen LogP contribution < -0.4 is 0 Å². The zero-order valence-corrected chi connectivity index (χ0v) is 12.8. The van der Waals surface area contributed by atoms with Crippen LogP contribution in [0.5, 0.6) is 0 Å². The standard InChI is InChI=1S/C17H32N2.2CH4/c1-3-4-5-6-16-9-13-19(14-10-16)15-17-7-11-18(2)12-8-17;;/h3,16-17H,1,4-15H2,2H3;2*1H4. The van der Waals surface area contributed by atoms with Gasteiger partial charge in [0, 0.05) is 6.54 Å². The van der Waals surface area contributed by atoms with Gasteiger partial charge in [0.2, 0.25) is 0 Å². The van der Waals surface area contributed by atoms with Crippen molar-refractivity contribution < 1.29 is 0 Å². The van der Waals surface area contributed by atoms with E-state index in [9.17, 15) is 0 Å². The van der Waals surface area contributed by atoms with E-state index in [1.54, 1.807) is 0 Å². The topological polar surface area (TPSA) is 6.48 Å². The molecule has 2 fully saturated rings. The Kier molecular flexibility index (Phi) is 11.1. The second-order valence-corrected chi connectivity index (χ2v) is 6.71. The zero-order valence-electron chi connectivity index (χ0n) is 12.8. The Morgan fingerprint density at radius 1 is 0.952 bits per heavy atom. The average molecular weight is 297 g/mol. The molecule has 2 aliphatic heterocycles. The minimum absolute atomic E-state index is 0. The van der Waals surface area contributed by atoms with Crippen LogP contribution in [0.2, 0.25) is 0 Å². The highest BCUT2D eigenvalue weighted by molar-refractivity contribution is 4.78. The molecule has 0 amide bonds. The third kappa shape index (κ3) is 7.46. The molecule has 2 saturated heterocycles. The molecule has 0 atom stereocenters. The van der Waals surface area contributed by atoms with Crippen LogP contribution in [0.1, 0.15) is 59.8 Å². The summed E-state index contributed by atoms with van der Waals surface area (Å²) < 4.78 is 0. The van der Waals surface area contributed by atoms with E-state index in [1.807, 2.05) is 0 Å². The Labute approximate surface area is 134 Å². The number of allylic oxidation sites excluding steroid dienone is 1. The molecular formula is C19H40N2. The fraction of sp³-hybridized carbons (Fsp3) is 0.895. The third-order valence-corrected chi connectivity index (χ3v) is 5.08. The molecule has 0 saturated carbocycles. The molecule has 0 aliphatic carbocycles. The van der Waals surface area contributed by atoms with E-state index in [0.29, 0.717) is 0 Å². The molecule has 0 N–H and O–H groups in total. The first kappa shape index (κ1) is 20.7. The fourth-order valence-electron chi connectivity index (χ4n) is 3.62. The number of rotatable bonds is 6. The Bertz CT molecular complexity index is 248. The van der Waals surface area contributed by atoms with Gasteiger partial charge in [-0.3, -0.25) is 0 Å². The summed E-state index contributed by atoms with van der Waals surface area (Å²) in [5, 5.41) is 0. The van der Waals surface area contributed by atoms with Crippen LogP contribution in [0.25, 0.3) is 0 Å². The second kappa shape index (κ2) is 11.3. The van der Waals surface area contributed by atoms with E-state index in [0.717, 1.165) is 11.8 Å². The lowest BCUT2D eigenvalue weighted by atomic mass is 9.90. The van der Waals surface area contributed by atoms with Gasteiger partial charge in [-0.15, -0.1) is 6.58 Å². The highest BCUT2D eigenvalue weighted by Gasteiger charge is 2.23. The summed E-state index contributed by atoms with van der Waals surface area (Å²) >= 11 is 0. The predicted octanol–water partition coefficient (Wildman–Crippen LogP) is 4.67. The molecule has 2 nitrogen and oxygen atoms in total. The van der Waals surface area contributed by atoms with Crippen LogP contribution in [-0.4, -0.2) is 49.6 Å². The SMILES string of the molecule is C.C.C=CCCCC1CCN(CC2CCN(C)CC2)CC1. The van der Waals surface area contributed by atoms with E-state index in [1.165, 1.54) is 77.7 Å². The second-order valence-electron chi connectivity index (χ2n) is 6.71. The predicted molar refractivity (Wildman–Crippen MR) is 96.9 cm³/mol. The van der Waals surface area contributed by atoms with Crippen molar-refractivity contribution in [2.45, 2.75) is 59.8 Å². The monoisotopic (exact) mass is 296 g/mol. The van der Waals surface area contributed by atoms with Crippen molar-refractivity contribution in [3.63, 3.8) is 0 Å². The molecule has 0 spiro atoms. The van der Waals surface area contributed by atoms with E-state index in [2.05, 4.69) is 29.5 Å². The summed E-state index contributed by atoms with van der Waals surface area (Å²) in [4.78, 5) is 5.21. The molecule has 0 radical (unpaired) electrons. The minimum Gasteiger partial charge on any atom is -0.306 e. The van der Waals surface area contributed by atoms with Gasteiger partial charge >= 0.3 is 0 Å². The summed E-state index contributed by atoms with van der Waals surface area (Å²) in [6.45, 7) is 10.5. The Morgan fingerprint density at radius 3 is 2.10 bits per heavy atom. The third-order valence-electron chi connectivity index (χ3n) is 5.08.